The van der Waals surface area contributed by atoms with Crippen molar-refractivity contribution < 1.29 is 0 Å². The first-order chi connectivity index (χ1) is 6.20. The van der Waals surface area contributed by atoms with Crippen LogP contribution < -0.4 is 0 Å². The zero-order valence-electron chi connectivity index (χ0n) is 9.05. The maximum absolute atomic E-state index is 2.48. The predicted molar refractivity (Wildman–Crippen MR) is 55.4 cm³/mol. The lowest BCUT2D eigenvalue weighted by molar-refractivity contribution is 0.162. The van der Waals surface area contributed by atoms with E-state index in [1.54, 1.807) is 38.5 Å². The van der Waals surface area contributed by atoms with Gasteiger partial charge in [0, 0.05) is 0 Å². The van der Waals surface area contributed by atoms with E-state index >= 15 is 0 Å². The van der Waals surface area contributed by atoms with Crippen LogP contribution >= 0.6 is 0 Å². The van der Waals surface area contributed by atoms with E-state index < -0.39 is 0 Å². The third-order valence-electron chi connectivity index (χ3n) is 5.53. The molecule has 0 radical (unpaired) electrons. The van der Waals surface area contributed by atoms with Crippen LogP contribution in [0.4, 0.5) is 0 Å². The highest BCUT2D eigenvalue weighted by Gasteiger charge is 2.54. The van der Waals surface area contributed by atoms with Gasteiger partial charge in [0.2, 0.25) is 0 Å². The molecule has 0 aromatic carbocycles. The molecule has 13 heavy (non-hydrogen) atoms. The fraction of sp³-hybridized carbons (Fsp3) is 1.00. The Kier molecular flexibility index (Phi) is 1.61. The summed E-state index contributed by atoms with van der Waals surface area (Å²) in [5.74, 6) is 4.31. The average molecular weight is 178 g/mol. The van der Waals surface area contributed by atoms with Gasteiger partial charge in [0.15, 0.2) is 0 Å². The molecule has 0 aliphatic heterocycles. The second kappa shape index (κ2) is 2.52. The SMILES string of the molecule is CC1CC2(CC3CCC2C3)CC1C. The van der Waals surface area contributed by atoms with Gasteiger partial charge in [-0.15, -0.1) is 0 Å². The Morgan fingerprint density at radius 3 is 2.08 bits per heavy atom. The summed E-state index contributed by atoms with van der Waals surface area (Å²) in [6.45, 7) is 4.96. The van der Waals surface area contributed by atoms with Crippen molar-refractivity contribution in [3.8, 4) is 0 Å². The molecule has 4 unspecified atom stereocenters. The van der Waals surface area contributed by atoms with E-state index in [-0.39, 0.29) is 0 Å². The summed E-state index contributed by atoms with van der Waals surface area (Å²) in [6.07, 6.45) is 9.47. The van der Waals surface area contributed by atoms with E-state index in [0.29, 0.717) is 0 Å². The van der Waals surface area contributed by atoms with Crippen molar-refractivity contribution in [2.75, 3.05) is 0 Å². The molecule has 0 aromatic rings. The Morgan fingerprint density at radius 1 is 0.923 bits per heavy atom. The molecule has 3 fully saturated rings. The summed E-state index contributed by atoms with van der Waals surface area (Å²) in [7, 11) is 0. The first kappa shape index (κ1) is 8.32. The summed E-state index contributed by atoms with van der Waals surface area (Å²) in [5.41, 5.74) is 0.849. The van der Waals surface area contributed by atoms with Crippen LogP contribution in [-0.4, -0.2) is 0 Å². The molecule has 0 heterocycles. The number of hydrogen-bond donors (Lipinski definition) is 0. The zero-order valence-corrected chi connectivity index (χ0v) is 9.05. The molecule has 74 valence electrons. The van der Waals surface area contributed by atoms with Crippen LogP contribution in [0.1, 0.15) is 52.4 Å². The van der Waals surface area contributed by atoms with E-state index in [2.05, 4.69) is 13.8 Å². The molecule has 0 aromatic heterocycles. The van der Waals surface area contributed by atoms with Gasteiger partial charge in [-0.05, 0) is 61.2 Å². The highest BCUT2D eigenvalue weighted by Crippen LogP contribution is 2.64. The first-order valence-electron chi connectivity index (χ1n) is 6.20. The standard InChI is InChI=1S/C13H22/c1-9-6-13(7-10(9)2)8-11-3-4-12(13)5-11/h9-12H,3-8H2,1-2H3. The van der Waals surface area contributed by atoms with E-state index in [1.165, 1.54) is 0 Å². The quantitative estimate of drug-likeness (QED) is 0.528. The largest absolute Gasteiger partial charge is 0.0622 e. The van der Waals surface area contributed by atoms with Crippen LogP contribution in [0.25, 0.3) is 0 Å². The molecule has 3 saturated carbocycles. The number of hydrogen-bond acceptors (Lipinski definition) is 0. The van der Waals surface area contributed by atoms with E-state index in [4.69, 9.17) is 0 Å². The smallest absolute Gasteiger partial charge is 0.0261 e. The van der Waals surface area contributed by atoms with Gasteiger partial charge >= 0.3 is 0 Å². The highest BCUT2D eigenvalue weighted by atomic mass is 14.6. The molecule has 1 spiro atoms. The lowest BCUT2D eigenvalue weighted by Gasteiger charge is -2.34. The van der Waals surface area contributed by atoms with Gasteiger partial charge in [-0.25, -0.2) is 0 Å². The highest BCUT2D eigenvalue weighted by molar-refractivity contribution is 5.04. The van der Waals surface area contributed by atoms with Gasteiger partial charge in [0.1, 0.15) is 0 Å². The van der Waals surface area contributed by atoms with Crippen molar-refractivity contribution >= 4 is 0 Å². The summed E-state index contributed by atoms with van der Waals surface area (Å²) in [6, 6.07) is 0. The van der Waals surface area contributed by atoms with Gasteiger partial charge in [0.05, 0.1) is 0 Å². The average Bonchev–Trinajstić information content (AvgIpc) is 2.68. The topological polar surface area (TPSA) is 0 Å². The van der Waals surface area contributed by atoms with Gasteiger partial charge in [-0.2, -0.15) is 0 Å². The van der Waals surface area contributed by atoms with Crippen LogP contribution in [0.5, 0.6) is 0 Å². The van der Waals surface area contributed by atoms with E-state index in [1.807, 2.05) is 0 Å². The Morgan fingerprint density at radius 2 is 1.62 bits per heavy atom. The maximum Gasteiger partial charge on any atom is -0.0261 e. The molecular formula is C13H22. The van der Waals surface area contributed by atoms with Crippen molar-refractivity contribution in [2.24, 2.45) is 29.1 Å². The molecule has 3 aliphatic rings. The monoisotopic (exact) mass is 178 g/mol. The van der Waals surface area contributed by atoms with Crippen molar-refractivity contribution in [2.45, 2.75) is 52.4 Å². The summed E-state index contributed by atoms with van der Waals surface area (Å²) >= 11 is 0. The molecule has 0 heteroatoms. The molecular weight excluding hydrogens is 156 g/mol. The maximum atomic E-state index is 2.48. The third-order valence-corrected chi connectivity index (χ3v) is 5.53. The molecule has 2 bridgehead atoms. The minimum Gasteiger partial charge on any atom is -0.0622 e. The normalized spacial score (nSPS) is 59.5. The van der Waals surface area contributed by atoms with Gasteiger partial charge < -0.3 is 0 Å². The third kappa shape index (κ3) is 1.04. The number of rotatable bonds is 0. The Balaban J connectivity index is 1.84. The Hall–Kier alpha value is 0. The van der Waals surface area contributed by atoms with Crippen molar-refractivity contribution in [3.63, 3.8) is 0 Å². The van der Waals surface area contributed by atoms with Crippen molar-refractivity contribution in [3.05, 3.63) is 0 Å². The number of fused-ring (bicyclic) bond motifs is 3. The minimum atomic E-state index is 0.849. The summed E-state index contributed by atoms with van der Waals surface area (Å²) in [4.78, 5) is 0. The molecule has 0 saturated heterocycles. The van der Waals surface area contributed by atoms with Gasteiger partial charge in [-0.3, -0.25) is 0 Å². The Labute approximate surface area is 82.1 Å². The van der Waals surface area contributed by atoms with Crippen LogP contribution in [-0.2, 0) is 0 Å². The summed E-state index contributed by atoms with van der Waals surface area (Å²) in [5, 5.41) is 0. The fourth-order valence-electron chi connectivity index (χ4n) is 4.83. The van der Waals surface area contributed by atoms with Crippen molar-refractivity contribution in [1.82, 2.24) is 0 Å². The fourth-order valence-corrected chi connectivity index (χ4v) is 4.83. The van der Waals surface area contributed by atoms with Gasteiger partial charge in [-0.1, -0.05) is 20.3 Å². The van der Waals surface area contributed by atoms with Crippen LogP contribution in [0, 0.1) is 29.1 Å². The van der Waals surface area contributed by atoms with Crippen LogP contribution in [0.15, 0.2) is 0 Å². The van der Waals surface area contributed by atoms with E-state index in [0.717, 1.165) is 29.1 Å². The first-order valence-corrected chi connectivity index (χ1v) is 6.20. The van der Waals surface area contributed by atoms with Crippen molar-refractivity contribution in [1.29, 1.82) is 0 Å². The molecule has 0 amide bonds. The second-order valence-electron chi connectivity index (χ2n) is 6.31. The lowest BCUT2D eigenvalue weighted by Crippen LogP contribution is -2.24. The Bertz CT molecular complexity index is 208. The summed E-state index contributed by atoms with van der Waals surface area (Å²) < 4.78 is 0. The molecule has 3 rings (SSSR count). The minimum absolute atomic E-state index is 0.849. The van der Waals surface area contributed by atoms with E-state index in [9.17, 15) is 0 Å². The van der Waals surface area contributed by atoms with Crippen LogP contribution in [0.3, 0.4) is 0 Å². The molecule has 0 nitrogen and oxygen atoms in total. The zero-order chi connectivity index (χ0) is 9.05. The molecule has 0 N–H and O–H groups in total. The lowest BCUT2D eigenvalue weighted by atomic mass is 9.71. The van der Waals surface area contributed by atoms with Gasteiger partial charge in [0.25, 0.3) is 0 Å². The predicted octanol–water partition coefficient (Wildman–Crippen LogP) is 3.86. The molecule has 4 atom stereocenters. The second-order valence-corrected chi connectivity index (χ2v) is 6.31. The molecule has 3 aliphatic carbocycles. The van der Waals surface area contributed by atoms with Crippen LogP contribution in [0.2, 0.25) is 0 Å².